The Hall–Kier alpha value is -1.18. The number of aliphatic hydroxyl groups is 2. The Bertz CT molecular complexity index is 460. The van der Waals surface area contributed by atoms with Gasteiger partial charge in [0.2, 0.25) is 5.91 Å². The van der Waals surface area contributed by atoms with E-state index in [-0.39, 0.29) is 18.0 Å². The van der Waals surface area contributed by atoms with Crippen LogP contribution in [0.15, 0.2) is 21.5 Å². The van der Waals surface area contributed by atoms with Gasteiger partial charge in [0.15, 0.2) is 0 Å². The van der Waals surface area contributed by atoms with Crippen LogP contribution in [0, 0.1) is 0 Å². The highest BCUT2D eigenvalue weighted by molar-refractivity contribution is 9.10. The van der Waals surface area contributed by atoms with Gasteiger partial charge in [0.25, 0.3) is 5.56 Å². The molecule has 1 rings (SSSR count). The average molecular weight is 305 g/mol. The molecule has 2 unspecified atom stereocenters. The lowest BCUT2D eigenvalue weighted by atomic mass is 10.1. The molecule has 17 heavy (non-hydrogen) atoms. The molecule has 4 N–H and O–H groups in total. The first-order valence-corrected chi connectivity index (χ1v) is 5.70. The van der Waals surface area contributed by atoms with Gasteiger partial charge in [-0.2, -0.15) is 0 Å². The van der Waals surface area contributed by atoms with Crippen LogP contribution in [0.5, 0.6) is 0 Å². The van der Waals surface area contributed by atoms with E-state index in [1.54, 1.807) is 0 Å². The Morgan fingerprint density at radius 3 is 2.82 bits per heavy atom. The fraction of sp³-hybridized carbons (Fsp3) is 0.400. The van der Waals surface area contributed by atoms with Crippen molar-refractivity contribution in [3.63, 3.8) is 0 Å². The van der Waals surface area contributed by atoms with Crippen LogP contribution in [0.4, 0.5) is 0 Å². The second kappa shape index (κ2) is 5.95. The van der Waals surface area contributed by atoms with Crippen molar-refractivity contribution in [1.82, 2.24) is 10.3 Å². The molecule has 2 atom stereocenters. The lowest BCUT2D eigenvalue weighted by Gasteiger charge is -2.17. The number of aromatic amines is 1. The first-order valence-electron chi connectivity index (χ1n) is 4.90. The van der Waals surface area contributed by atoms with Gasteiger partial charge in [0.1, 0.15) is 12.2 Å². The van der Waals surface area contributed by atoms with Crippen molar-refractivity contribution in [2.75, 3.05) is 6.54 Å². The average Bonchev–Trinajstić information content (AvgIpc) is 2.28. The van der Waals surface area contributed by atoms with Gasteiger partial charge < -0.3 is 20.5 Å². The molecule has 1 heterocycles. The van der Waals surface area contributed by atoms with E-state index < -0.39 is 17.8 Å². The van der Waals surface area contributed by atoms with Crippen LogP contribution >= 0.6 is 15.9 Å². The molecule has 1 amide bonds. The predicted octanol–water partition coefficient (Wildman–Crippen LogP) is -0.332. The van der Waals surface area contributed by atoms with Gasteiger partial charge in [-0.25, -0.2) is 0 Å². The SMILES string of the molecule is CC(=O)NCC(O)C(O)c1cc(Br)c[nH]c1=O. The van der Waals surface area contributed by atoms with Gasteiger partial charge in [0, 0.05) is 29.7 Å². The number of rotatable bonds is 4. The monoisotopic (exact) mass is 304 g/mol. The Labute approximate surface area is 106 Å². The summed E-state index contributed by atoms with van der Waals surface area (Å²) in [5.41, 5.74) is -0.445. The number of hydrogen-bond acceptors (Lipinski definition) is 4. The number of carbonyl (C=O) groups is 1. The Morgan fingerprint density at radius 2 is 2.24 bits per heavy atom. The Balaban J connectivity index is 2.81. The number of pyridine rings is 1. The lowest BCUT2D eigenvalue weighted by molar-refractivity contribution is -0.119. The highest BCUT2D eigenvalue weighted by atomic mass is 79.9. The van der Waals surface area contributed by atoms with E-state index in [0.717, 1.165) is 0 Å². The van der Waals surface area contributed by atoms with Crippen molar-refractivity contribution in [2.45, 2.75) is 19.1 Å². The molecular weight excluding hydrogens is 292 g/mol. The molecule has 6 nitrogen and oxygen atoms in total. The van der Waals surface area contributed by atoms with Gasteiger partial charge in [-0.15, -0.1) is 0 Å². The van der Waals surface area contributed by atoms with Crippen molar-refractivity contribution >= 4 is 21.8 Å². The maximum absolute atomic E-state index is 11.4. The highest BCUT2D eigenvalue weighted by Gasteiger charge is 2.21. The van der Waals surface area contributed by atoms with Crippen molar-refractivity contribution in [1.29, 1.82) is 0 Å². The summed E-state index contributed by atoms with van der Waals surface area (Å²) < 4.78 is 0.581. The smallest absolute Gasteiger partial charge is 0.253 e. The maximum Gasteiger partial charge on any atom is 0.253 e. The van der Waals surface area contributed by atoms with E-state index in [9.17, 15) is 19.8 Å². The van der Waals surface area contributed by atoms with Gasteiger partial charge in [-0.3, -0.25) is 9.59 Å². The molecule has 94 valence electrons. The van der Waals surface area contributed by atoms with Crippen LogP contribution in [-0.4, -0.2) is 33.8 Å². The van der Waals surface area contributed by atoms with Gasteiger partial charge >= 0.3 is 0 Å². The molecule has 0 aliphatic rings. The molecule has 0 aromatic carbocycles. The number of aliphatic hydroxyl groups excluding tert-OH is 2. The number of carbonyl (C=O) groups excluding carboxylic acids is 1. The lowest BCUT2D eigenvalue weighted by Crippen LogP contribution is -2.36. The molecule has 7 heteroatoms. The maximum atomic E-state index is 11.4. The Kier molecular flexibility index (Phi) is 4.86. The van der Waals surface area contributed by atoms with Crippen LogP contribution < -0.4 is 10.9 Å². The summed E-state index contributed by atoms with van der Waals surface area (Å²) in [6, 6.07) is 1.42. The van der Waals surface area contributed by atoms with Crippen molar-refractivity contribution in [3.05, 3.63) is 32.7 Å². The topological polar surface area (TPSA) is 102 Å². The fourth-order valence-corrected chi connectivity index (χ4v) is 1.62. The predicted molar refractivity (Wildman–Crippen MR) is 64.4 cm³/mol. The standard InChI is InChI=1S/C10H13BrN2O4/c1-5(14)12-4-8(15)9(16)7-2-6(11)3-13-10(7)17/h2-3,8-9,15-16H,4H2,1H3,(H,12,14)(H,13,17). The van der Waals surface area contributed by atoms with Crippen LogP contribution in [-0.2, 0) is 4.79 Å². The van der Waals surface area contributed by atoms with E-state index in [1.165, 1.54) is 19.2 Å². The van der Waals surface area contributed by atoms with Crippen LogP contribution in [0.25, 0.3) is 0 Å². The minimum atomic E-state index is -1.36. The molecule has 0 saturated carbocycles. The highest BCUT2D eigenvalue weighted by Crippen LogP contribution is 2.16. The molecular formula is C10H13BrN2O4. The van der Waals surface area contributed by atoms with E-state index in [1.807, 2.05) is 0 Å². The number of hydrogen-bond donors (Lipinski definition) is 4. The summed E-state index contributed by atoms with van der Waals surface area (Å²) in [6.45, 7) is 1.17. The zero-order chi connectivity index (χ0) is 13.0. The van der Waals surface area contributed by atoms with Gasteiger partial charge in [-0.05, 0) is 22.0 Å². The van der Waals surface area contributed by atoms with Crippen LogP contribution in [0.3, 0.4) is 0 Å². The van der Waals surface area contributed by atoms with Crippen molar-refractivity contribution in [3.8, 4) is 0 Å². The first-order chi connectivity index (χ1) is 7.91. The summed E-state index contributed by atoms with van der Waals surface area (Å²) >= 11 is 3.14. The largest absolute Gasteiger partial charge is 0.388 e. The van der Waals surface area contributed by atoms with Crippen molar-refractivity contribution in [2.24, 2.45) is 0 Å². The molecule has 0 aliphatic carbocycles. The van der Waals surface area contributed by atoms with E-state index in [4.69, 9.17) is 0 Å². The number of aromatic nitrogens is 1. The summed E-state index contributed by atoms with van der Waals surface area (Å²) in [5.74, 6) is -0.320. The molecule has 0 bridgehead atoms. The molecule has 0 spiro atoms. The molecule has 1 aromatic rings. The van der Waals surface area contributed by atoms with E-state index >= 15 is 0 Å². The quantitative estimate of drug-likeness (QED) is 0.611. The van der Waals surface area contributed by atoms with Crippen LogP contribution in [0.2, 0.25) is 0 Å². The number of H-pyrrole nitrogens is 1. The van der Waals surface area contributed by atoms with E-state index in [2.05, 4.69) is 26.2 Å². The third-order valence-electron chi connectivity index (χ3n) is 2.14. The normalized spacial score (nSPS) is 14.1. The van der Waals surface area contributed by atoms with E-state index in [0.29, 0.717) is 4.47 Å². The Morgan fingerprint density at radius 1 is 1.59 bits per heavy atom. The summed E-state index contributed by atoms with van der Waals surface area (Å²) in [5, 5.41) is 21.7. The fourth-order valence-electron chi connectivity index (χ4n) is 1.26. The van der Waals surface area contributed by atoms with Crippen molar-refractivity contribution < 1.29 is 15.0 Å². The van der Waals surface area contributed by atoms with Gasteiger partial charge in [-0.1, -0.05) is 0 Å². The zero-order valence-electron chi connectivity index (χ0n) is 9.11. The second-order valence-electron chi connectivity index (χ2n) is 3.55. The van der Waals surface area contributed by atoms with Gasteiger partial charge in [0.05, 0.1) is 0 Å². The molecule has 0 fully saturated rings. The molecule has 1 aromatic heterocycles. The summed E-state index contributed by atoms with van der Waals surface area (Å²) in [7, 11) is 0. The molecule has 0 aliphatic heterocycles. The summed E-state index contributed by atoms with van der Waals surface area (Å²) in [6.07, 6.45) is -1.17. The first kappa shape index (κ1) is 13.9. The second-order valence-corrected chi connectivity index (χ2v) is 4.47. The molecule has 0 radical (unpaired) electrons. The third kappa shape index (κ3) is 3.95. The third-order valence-corrected chi connectivity index (χ3v) is 2.60. The van der Waals surface area contributed by atoms with Crippen LogP contribution in [0.1, 0.15) is 18.6 Å². The number of halogens is 1. The molecule has 0 saturated heterocycles. The number of nitrogens with one attached hydrogen (secondary N) is 2. The minimum Gasteiger partial charge on any atom is -0.388 e. The minimum absolute atomic E-state index is 0.0391. The number of amides is 1. The zero-order valence-corrected chi connectivity index (χ0v) is 10.7. The summed E-state index contributed by atoms with van der Waals surface area (Å²) in [4.78, 5) is 24.5.